The van der Waals surface area contributed by atoms with Crippen molar-refractivity contribution in [2.75, 3.05) is 0 Å². The molecule has 1 heteroatoms. The number of hydrogen-bond donors (Lipinski definition) is 0. The number of benzene rings is 2. The minimum absolute atomic E-state index is 0.654. The van der Waals surface area contributed by atoms with Gasteiger partial charge in [-0.15, -0.1) is 11.3 Å². The van der Waals surface area contributed by atoms with E-state index >= 15 is 0 Å². The van der Waals surface area contributed by atoms with Crippen LogP contribution in [0.4, 0.5) is 0 Å². The van der Waals surface area contributed by atoms with Crippen LogP contribution < -0.4 is 0 Å². The van der Waals surface area contributed by atoms with Crippen molar-refractivity contribution in [3.63, 3.8) is 0 Å². The van der Waals surface area contributed by atoms with Gasteiger partial charge in [-0.25, -0.2) is 0 Å². The topological polar surface area (TPSA) is 0 Å². The van der Waals surface area contributed by atoms with E-state index in [0.29, 0.717) is 5.92 Å². The van der Waals surface area contributed by atoms with Crippen LogP contribution in [0.15, 0.2) is 42.5 Å². The summed E-state index contributed by atoms with van der Waals surface area (Å²) in [6.45, 7) is 4.64. The zero-order valence-electron chi connectivity index (χ0n) is 11.6. The van der Waals surface area contributed by atoms with Crippen LogP contribution in [0.3, 0.4) is 0 Å². The average molecular weight is 268 g/mol. The van der Waals surface area contributed by atoms with E-state index in [4.69, 9.17) is 0 Å². The molecule has 2 aromatic carbocycles. The first-order chi connectivity index (χ1) is 9.31. The normalized spacial score (nSPS) is 13.2. The lowest BCUT2D eigenvalue weighted by Gasteiger charge is -2.13. The Morgan fingerprint density at radius 3 is 2.63 bits per heavy atom. The summed E-state index contributed by atoms with van der Waals surface area (Å²) in [6.07, 6.45) is 3.89. The zero-order valence-corrected chi connectivity index (χ0v) is 12.5. The van der Waals surface area contributed by atoms with Gasteiger partial charge >= 0.3 is 0 Å². The molecule has 3 aromatic rings. The highest BCUT2D eigenvalue weighted by atomic mass is 32.1. The van der Waals surface area contributed by atoms with Crippen molar-refractivity contribution >= 4 is 31.5 Å². The second kappa shape index (κ2) is 5.34. The lowest BCUT2D eigenvalue weighted by molar-refractivity contribution is 0.628. The van der Waals surface area contributed by atoms with Crippen molar-refractivity contribution < 1.29 is 0 Å². The third-order valence-electron chi connectivity index (χ3n) is 3.96. The Kier molecular flexibility index (Phi) is 3.56. The lowest BCUT2D eigenvalue weighted by Crippen LogP contribution is -1.94. The van der Waals surface area contributed by atoms with E-state index in [1.54, 1.807) is 0 Å². The first-order valence-electron chi connectivity index (χ1n) is 7.21. The van der Waals surface area contributed by atoms with E-state index in [1.807, 2.05) is 11.3 Å². The van der Waals surface area contributed by atoms with Crippen LogP contribution in [-0.4, -0.2) is 0 Å². The minimum atomic E-state index is 0.654. The summed E-state index contributed by atoms with van der Waals surface area (Å²) >= 11 is 1.92. The molecule has 0 bridgehead atoms. The first kappa shape index (κ1) is 12.7. The summed E-state index contributed by atoms with van der Waals surface area (Å²) in [5.41, 5.74) is 1.53. The van der Waals surface area contributed by atoms with E-state index < -0.39 is 0 Å². The van der Waals surface area contributed by atoms with Crippen LogP contribution in [0.2, 0.25) is 0 Å². The zero-order chi connectivity index (χ0) is 13.2. The smallest absolute Gasteiger partial charge is 0.0358 e. The summed E-state index contributed by atoms with van der Waals surface area (Å²) in [4.78, 5) is 0. The molecular formula is C18H20S. The van der Waals surface area contributed by atoms with Gasteiger partial charge in [-0.05, 0) is 30.0 Å². The summed E-state index contributed by atoms with van der Waals surface area (Å²) < 4.78 is 2.84. The highest BCUT2D eigenvalue weighted by Gasteiger charge is 2.13. The first-order valence-corrected chi connectivity index (χ1v) is 8.03. The van der Waals surface area contributed by atoms with Gasteiger partial charge in [-0.1, -0.05) is 57.0 Å². The molecule has 1 atom stereocenters. The van der Waals surface area contributed by atoms with E-state index in [0.717, 1.165) is 0 Å². The van der Waals surface area contributed by atoms with Gasteiger partial charge in [0.05, 0.1) is 0 Å². The lowest BCUT2D eigenvalue weighted by atomic mass is 9.92. The largest absolute Gasteiger partial charge is 0.135 e. The standard InChI is InChI=1S/C18H20S/c1-3-4-8-13(2)14-10-7-12-17-18(14)15-9-5-6-11-16(15)19-17/h5-7,9-13H,3-4,8H2,1-2H3/t13-/m0/s1. The average Bonchev–Trinajstić information content (AvgIpc) is 2.83. The molecule has 0 nitrogen and oxygen atoms in total. The van der Waals surface area contributed by atoms with Crippen molar-refractivity contribution in [2.45, 2.75) is 39.0 Å². The Balaban J connectivity index is 2.18. The second-order valence-electron chi connectivity index (χ2n) is 5.36. The predicted molar refractivity (Wildman–Crippen MR) is 87.3 cm³/mol. The summed E-state index contributed by atoms with van der Waals surface area (Å²) in [7, 11) is 0. The molecule has 0 aliphatic carbocycles. The van der Waals surface area contributed by atoms with Crippen molar-refractivity contribution in [3.05, 3.63) is 48.0 Å². The van der Waals surface area contributed by atoms with Gasteiger partial charge < -0.3 is 0 Å². The molecule has 0 N–H and O–H groups in total. The summed E-state index contributed by atoms with van der Waals surface area (Å²) in [5.74, 6) is 0.654. The molecule has 1 heterocycles. The quantitative estimate of drug-likeness (QED) is 0.517. The minimum Gasteiger partial charge on any atom is -0.135 e. The van der Waals surface area contributed by atoms with Gasteiger partial charge in [-0.3, -0.25) is 0 Å². The van der Waals surface area contributed by atoms with E-state index in [-0.39, 0.29) is 0 Å². The fraction of sp³-hybridized carbons (Fsp3) is 0.333. The third kappa shape index (κ3) is 2.28. The fourth-order valence-electron chi connectivity index (χ4n) is 2.88. The molecule has 0 aliphatic heterocycles. The molecule has 0 amide bonds. The Morgan fingerprint density at radius 1 is 1.00 bits per heavy atom. The van der Waals surface area contributed by atoms with Gasteiger partial charge in [0.1, 0.15) is 0 Å². The number of rotatable bonds is 4. The van der Waals surface area contributed by atoms with Crippen LogP contribution in [0.5, 0.6) is 0 Å². The maximum absolute atomic E-state index is 2.37. The summed E-state index contributed by atoms with van der Waals surface area (Å²) in [6, 6.07) is 15.6. The van der Waals surface area contributed by atoms with Crippen molar-refractivity contribution in [3.8, 4) is 0 Å². The number of fused-ring (bicyclic) bond motifs is 3. The Bertz CT molecular complexity index is 693. The van der Waals surface area contributed by atoms with Gasteiger partial charge in [0.2, 0.25) is 0 Å². The van der Waals surface area contributed by atoms with E-state index in [2.05, 4.69) is 56.3 Å². The molecular weight excluding hydrogens is 248 g/mol. The molecule has 98 valence electrons. The molecule has 0 fully saturated rings. The van der Waals surface area contributed by atoms with Crippen LogP contribution in [0.1, 0.15) is 44.6 Å². The highest BCUT2D eigenvalue weighted by Crippen LogP contribution is 2.39. The molecule has 19 heavy (non-hydrogen) atoms. The van der Waals surface area contributed by atoms with Crippen LogP contribution in [0, 0.1) is 0 Å². The SMILES string of the molecule is CCCC[C@H](C)c1cccc2sc3ccccc3c12. The van der Waals surface area contributed by atoms with Crippen LogP contribution in [-0.2, 0) is 0 Å². The van der Waals surface area contributed by atoms with Crippen molar-refractivity contribution in [1.82, 2.24) is 0 Å². The molecule has 0 saturated carbocycles. The van der Waals surface area contributed by atoms with Gasteiger partial charge in [0.25, 0.3) is 0 Å². The second-order valence-corrected chi connectivity index (χ2v) is 6.45. The number of hydrogen-bond acceptors (Lipinski definition) is 1. The fourth-order valence-corrected chi connectivity index (χ4v) is 4.02. The molecule has 0 radical (unpaired) electrons. The van der Waals surface area contributed by atoms with Crippen LogP contribution >= 0.6 is 11.3 Å². The number of unbranched alkanes of at least 4 members (excludes halogenated alkanes) is 1. The van der Waals surface area contributed by atoms with Gasteiger partial charge in [0, 0.05) is 20.2 Å². The van der Waals surface area contributed by atoms with E-state index in [9.17, 15) is 0 Å². The third-order valence-corrected chi connectivity index (χ3v) is 5.09. The number of thiophene rings is 1. The van der Waals surface area contributed by atoms with Gasteiger partial charge in [-0.2, -0.15) is 0 Å². The van der Waals surface area contributed by atoms with Gasteiger partial charge in [0.15, 0.2) is 0 Å². The molecule has 0 unspecified atom stereocenters. The molecule has 0 saturated heterocycles. The Hall–Kier alpha value is -1.34. The predicted octanol–water partition coefficient (Wildman–Crippen LogP) is 6.35. The summed E-state index contributed by atoms with van der Waals surface area (Å²) in [5, 5.41) is 2.92. The maximum Gasteiger partial charge on any atom is 0.0358 e. The van der Waals surface area contributed by atoms with Crippen LogP contribution in [0.25, 0.3) is 20.2 Å². The molecule has 0 spiro atoms. The molecule has 3 rings (SSSR count). The molecule has 1 aromatic heterocycles. The van der Waals surface area contributed by atoms with Crippen molar-refractivity contribution in [2.24, 2.45) is 0 Å². The monoisotopic (exact) mass is 268 g/mol. The molecule has 0 aliphatic rings. The Morgan fingerprint density at radius 2 is 1.79 bits per heavy atom. The van der Waals surface area contributed by atoms with Crippen molar-refractivity contribution in [1.29, 1.82) is 0 Å². The Labute approximate surface area is 119 Å². The maximum atomic E-state index is 2.37. The van der Waals surface area contributed by atoms with E-state index in [1.165, 1.54) is 45.0 Å². The highest BCUT2D eigenvalue weighted by molar-refractivity contribution is 7.25.